The summed E-state index contributed by atoms with van der Waals surface area (Å²) in [6, 6.07) is 2.80. The van der Waals surface area contributed by atoms with Crippen LogP contribution in [-0.2, 0) is 0 Å². The molecule has 0 amide bonds. The number of aryl methyl sites for hydroxylation is 1. The van der Waals surface area contributed by atoms with Gasteiger partial charge in [0.1, 0.15) is 11.3 Å². The van der Waals surface area contributed by atoms with Crippen LogP contribution in [0.5, 0.6) is 0 Å². The summed E-state index contributed by atoms with van der Waals surface area (Å²) < 4.78 is 0. The maximum Gasteiger partial charge on any atom is 0.353 e. The second-order valence-electron chi connectivity index (χ2n) is 3.30. The molecular weight excluding hydrogens is 206 g/mol. The number of aromatic carboxylic acids is 1. The van der Waals surface area contributed by atoms with Crippen molar-refractivity contribution in [2.75, 3.05) is 0 Å². The summed E-state index contributed by atoms with van der Waals surface area (Å²) >= 11 is 0. The highest BCUT2D eigenvalue weighted by Gasteiger charge is 2.20. The van der Waals surface area contributed by atoms with Gasteiger partial charge >= 0.3 is 11.7 Å². The predicted octanol–water partition coefficient (Wildman–Crippen LogP) is 3.21. The Bertz CT molecular complexity index is 510. The van der Waals surface area contributed by atoms with E-state index in [1.54, 1.807) is 13.8 Å². The van der Waals surface area contributed by atoms with E-state index in [4.69, 9.17) is 11.7 Å². The molecule has 0 radical (unpaired) electrons. The topological polar surface area (TPSA) is 61.9 Å². The van der Waals surface area contributed by atoms with Gasteiger partial charge in [-0.2, -0.15) is 0 Å². The van der Waals surface area contributed by atoms with Crippen LogP contribution in [0.3, 0.4) is 0 Å². The number of aliphatic hydroxyl groups excluding tert-OH is 1. The largest absolute Gasteiger partial charge is 0.507 e. The molecule has 0 fully saturated rings. The van der Waals surface area contributed by atoms with Crippen LogP contribution < -0.4 is 0 Å². The number of nitrogens with zero attached hydrogens (tertiary/aromatic N) is 1. The highest BCUT2D eigenvalue weighted by atomic mass is 16.4. The first kappa shape index (κ1) is 11.8. The molecule has 1 aromatic rings. The average Bonchev–Trinajstić information content (AvgIpc) is 2.26. The predicted molar refractivity (Wildman–Crippen MR) is 62.4 cm³/mol. The summed E-state index contributed by atoms with van der Waals surface area (Å²) in [5, 5.41) is 18.5. The van der Waals surface area contributed by atoms with E-state index in [2.05, 4.69) is 4.85 Å². The normalized spacial score (nSPS) is 10.9. The summed E-state index contributed by atoms with van der Waals surface area (Å²) in [5.74, 6) is -1.10. The Morgan fingerprint density at radius 3 is 2.50 bits per heavy atom. The van der Waals surface area contributed by atoms with Crippen LogP contribution in [0.2, 0.25) is 0 Å². The zero-order chi connectivity index (χ0) is 12.3. The lowest BCUT2D eigenvalue weighted by Crippen LogP contribution is -1.99. The van der Waals surface area contributed by atoms with Crippen LogP contribution in [0, 0.1) is 13.5 Å². The lowest BCUT2D eigenvalue weighted by atomic mass is 10.0. The van der Waals surface area contributed by atoms with Crippen molar-refractivity contribution in [2.24, 2.45) is 0 Å². The fourth-order valence-electron chi connectivity index (χ4n) is 1.43. The van der Waals surface area contributed by atoms with Gasteiger partial charge in [-0.15, -0.1) is 0 Å². The number of hydrogen-bond acceptors (Lipinski definition) is 2. The summed E-state index contributed by atoms with van der Waals surface area (Å²) in [5.41, 5.74) is 1.40. The van der Waals surface area contributed by atoms with Crippen LogP contribution in [-0.4, -0.2) is 16.2 Å². The molecule has 0 heterocycles. The minimum Gasteiger partial charge on any atom is -0.507 e. The maximum absolute atomic E-state index is 10.9. The molecule has 2 N–H and O–H groups in total. The molecule has 82 valence electrons. The monoisotopic (exact) mass is 218 g/mol. The summed E-state index contributed by atoms with van der Waals surface area (Å²) in [4.78, 5) is 14.4. The molecule has 0 aliphatic rings. The second kappa shape index (κ2) is 4.49. The van der Waals surface area contributed by atoms with E-state index < -0.39 is 5.97 Å². The van der Waals surface area contributed by atoms with E-state index in [9.17, 15) is 9.90 Å². The SMILES string of the molecule is C#[N+]c1c(C)cc(C(=O)O)cc1/C(O)=C\C. The number of carbonyl (C=O) groups is 1. The Kier molecular flexibility index (Phi) is 3.31. The van der Waals surface area contributed by atoms with Gasteiger partial charge in [0.15, 0.2) is 0 Å². The minimum atomic E-state index is -1.06. The Morgan fingerprint density at radius 2 is 2.06 bits per heavy atom. The number of carboxylic acids is 1. The Balaban J connectivity index is 3.57. The Labute approximate surface area is 93.3 Å². The first-order valence-electron chi connectivity index (χ1n) is 4.65. The van der Waals surface area contributed by atoms with Crippen LogP contribution in [0.1, 0.15) is 28.4 Å². The van der Waals surface area contributed by atoms with E-state index >= 15 is 0 Å². The number of hydrogen-bond donors (Lipinski definition) is 2. The van der Waals surface area contributed by atoms with Gasteiger partial charge in [0.25, 0.3) is 6.57 Å². The summed E-state index contributed by atoms with van der Waals surface area (Å²) in [7, 11) is 0. The molecule has 0 saturated carbocycles. The third kappa shape index (κ3) is 2.04. The third-order valence-corrected chi connectivity index (χ3v) is 2.23. The van der Waals surface area contributed by atoms with E-state index in [1.165, 1.54) is 18.2 Å². The molecule has 1 rings (SSSR count). The highest BCUT2D eigenvalue weighted by molar-refractivity contribution is 5.91. The van der Waals surface area contributed by atoms with Gasteiger partial charge < -0.3 is 10.2 Å². The van der Waals surface area contributed by atoms with Gasteiger partial charge in [-0.1, -0.05) is 0 Å². The van der Waals surface area contributed by atoms with E-state index in [0.29, 0.717) is 16.8 Å². The first-order valence-corrected chi connectivity index (χ1v) is 4.65. The summed E-state index contributed by atoms with van der Waals surface area (Å²) in [6.07, 6.45) is 1.45. The van der Waals surface area contributed by atoms with E-state index in [0.717, 1.165) is 0 Å². The fourth-order valence-corrected chi connectivity index (χ4v) is 1.43. The smallest absolute Gasteiger partial charge is 0.353 e. The van der Waals surface area contributed by atoms with Crippen molar-refractivity contribution < 1.29 is 15.0 Å². The average molecular weight is 218 g/mol. The molecule has 0 aromatic heterocycles. The standard InChI is InChI=1S/C12H11NO3/c1-4-10(14)9-6-8(12(15)16)5-7(2)11(9)13-3/h3-6H,1-2H3,(H-,14,15,16)/p+1/b10-4+. The summed E-state index contributed by atoms with van der Waals surface area (Å²) in [6.45, 7) is 8.53. The highest BCUT2D eigenvalue weighted by Crippen LogP contribution is 2.30. The van der Waals surface area contributed by atoms with Crippen molar-refractivity contribution in [3.63, 3.8) is 0 Å². The Morgan fingerprint density at radius 1 is 1.44 bits per heavy atom. The molecule has 0 spiro atoms. The van der Waals surface area contributed by atoms with Gasteiger partial charge in [0.05, 0.1) is 5.56 Å². The molecule has 0 aliphatic heterocycles. The molecule has 0 aliphatic carbocycles. The van der Waals surface area contributed by atoms with Crippen LogP contribution in [0.25, 0.3) is 10.6 Å². The molecule has 1 aromatic carbocycles. The quantitative estimate of drug-likeness (QED) is 0.749. The van der Waals surface area contributed by atoms with Gasteiger partial charge in [0.2, 0.25) is 0 Å². The number of rotatable bonds is 2. The minimum absolute atomic E-state index is 0.0459. The maximum atomic E-state index is 10.9. The molecule has 0 atom stereocenters. The van der Waals surface area contributed by atoms with Crippen molar-refractivity contribution in [3.8, 4) is 6.57 Å². The van der Waals surface area contributed by atoms with Gasteiger partial charge in [0, 0.05) is 5.56 Å². The second-order valence-corrected chi connectivity index (χ2v) is 3.30. The number of carboxylic acid groups (broad SMARTS) is 1. The van der Waals surface area contributed by atoms with Crippen molar-refractivity contribution >= 4 is 17.4 Å². The van der Waals surface area contributed by atoms with E-state index in [1.807, 2.05) is 0 Å². The molecule has 4 nitrogen and oxygen atoms in total. The lowest BCUT2D eigenvalue weighted by molar-refractivity contribution is 0.0697. The Hall–Kier alpha value is -2.28. The third-order valence-electron chi connectivity index (χ3n) is 2.23. The zero-order valence-corrected chi connectivity index (χ0v) is 9.06. The van der Waals surface area contributed by atoms with Crippen LogP contribution in [0.15, 0.2) is 18.2 Å². The van der Waals surface area contributed by atoms with Crippen molar-refractivity contribution in [3.05, 3.63) is 39.7 Å². The zero-order valence-electron chi connectivity index (χ0n) is 9.06. The molecule has 0 bridgehead atoms. The van der Waals surface area contributed by atoms with Gasteiger partial charge in [-0.3, -0.25) is 0 Å². The fraction of sp³-hybridized carbons (Fsp3) is 0.167. The first-order chi connectivity index (χ1) is 7.51. The van der Waals surface area contributed by atoms with Crippen molar-refractivity contribution in [2.45, 2.75) is 13.8 Å². The lowest BCUT2D eigenvalue weighted by Gasteiger charge is -2.02. The van der Waals surface area contributed by atoms with Crippen molar-refractivity contribution in [1.82, 2.24) is 0 Å². The van der Waals surface area contributed by atoms with Crippen LogP contribution in [0.4, 0.5) is 5.69 Å². The van der Waals surface area contributed by atoms with Gasteiger partial charge in [-0.05, 0) is 36.9 Å². The number of aliphatic hydroxyl groups is 1. The molecule has 0 saturated heterocycles. The molecule has 4 heteroatoms. The molecule has 0 unspecified atom stereocenters. The van der Waals surface area contributed by atoms with Gasteiger partial charge in [-0.25, -0.2) is 4.79 Å². The van der Waals surface area contributed by atoms with Crippen molar-refractivity contribution in [1.29, 1.82) is 0 Å². The van der Waals surface area contributed by atoms with Crippen LogP contribution >= 0.6 is 0 Å². The van der Waals surface area contributed by atoms with E-state index in [-0.39, 0.29) is 11.3 Å². The molecule has 16 heavy (non-hydrogen) atoms. The molecular formula is C12H12NO3+. The number of benzene rings is 1. The number of allylic oxidation sites excluding steroid dienone is 1.